The lowest BCUT2D eigenvalue weighted by Gasteiger charge is -2.41. The predicted octanol–water partition coefficient (Wildman–Crippen LogP) is 1.80. The fourth-order valence-electron chi connectivity index (χ4n) is 5.03. The molecule has 2 aliphatic rings. The molecule has 15 heteroatoms. The van der Waals surface area contributed by atoms with Gasteiger partial charge in [-0.1, -0.05) is 30.3 Å². The minimum atomic E-state index is -5.34. The van der Waals surface area contributed by atoms with E-state index in [2.05, 4.69) is 5.32 Å². The van der Waals surface area contributed by atoms with Crippen molar-refractivity contribution in [2.45, 2.75) is 19.0 Å². The van der Waals surface area contributed by atoms with Crippen LogP contribution in [0.15, 0.2) is 64.2 Å². The van der Waals surface area contributed by atoms with Crippen LogP contribution in [0.4, 0.5) is 30.4 Å². The van der Waals surface area contributed by atoms with Crippen LogP contribution in [0.25, 0.3) is 0 Å². The quantitative estimate of drug-likeness (QED) is 0.417. The molecule has 1 fully saturated rings. The lowest BCUT2D eigenvalue weighted by Crippen LogP contribution is -2.60. The van der Waals surface area contributed by atoms with Crippen molar-refractivity contribution in [3.05, 3.63) is 75.4 Å². The van der Waals surface area contributed by atoms with Gasteiger partial charge in [-0.2, -0.15) is 13.2 Å². The minimum Gasteiger partial charge on any atom is -0.495 e. The normalized spacial score (nSPS) is 17.2. The summed E-state index contributed by atoms with van der Waals surface area (Å²) >= 11 is 0. The number of aromatic nitrogens is 2. The number of hydroxylamine groups is 1. The van der Waals surface area contributed by atoms with Crippen LogP contribution in [0.2, 0.25) is 0 Å². The number of carbonyl (C=O) groups is 1. The third kappa shape index (κ3) is 5.39. The average molecular weight is 591 g/mol. The molecule has 0 aliphatic carbocycles. The van der Waals surface area contributed by atoms with Gasteiger partial charge in [0.25, 0.3) is 5.56 Å². The number of rotatable bonds is 8. The van der Waals surface area contributed by atoms with Gasteiger partial charge >= 0.3 is 17.8 Å². The van der Waals surface area contributed by atoms with E-state index in [9.17, 15) is 27.6 Å². The number of piperazine rings is 1. The molecule has 0 spiro atoms. The summed E-state index contributed by atoms with van der Waals surface area (Å²) < 4.78 is 53.6. The molecule has 42 heavy (non-hydrogen) atoms. The Balaban J connectivity index is 1.68. The summed E-state index contributed by atoms with van der Waals surface area (Å²) in [6.45, 7) is 1.42. The zero-order valence-corrected chi connectivity index (χ0v) is 22.8. The Morgan fingerprint density at radius 2 is 1.69 bits per heavy atom. The van der Waals surface area contributed by atoms with Gasteiger partial charge in [-0.05, 0) is 24.3 Å². The topological polar surface area (TPSA) is 111 Å². The van der Waals surface area contributed by atoms with Crippen molar-refractivity contribution in [1.29, 1.82) is 0 Å². The van der Waals surface area contributed by atoms with Gasteiger partial charge in [0.05, 0.1) is 19.3 Å². The Morgan fingerprint density at radius 1 is 1.02 bits per heavy atom. The first-order chi connectivity index (χ1) is 20.1. The van der Waals surface area contributed by atoms with Gasteiger partial charge in [0.15, 0.2) is 11.5 Å². The SMILES string of the molecule is COc1ccccc1N1c2c(n(C)c(=O)n(CCOc3ccccc3)c2=O)N(OC(=O)C(F)(F)F)C1N1CCNCC1. The largest absolute Gasteiger partial charge is 0.495 e. The number of nitrogens with one attached hydrogen (secondary N) is 1. The molecule has 12 nitrogen and oxygen atoms in total. The highest BCUT2D eigenvalue weighted by Gasteiger charge is 2.51. The molecule has 5 rings (SSSR count). The molecular formula is C27H29F3N6O6. The van der Waals surface area contributed by atoms with Crippen LogP contribution in [-0.2, 0) is 23.2 Å². The number of para-hydroxylation sites is 3. The first-order valence-electron chi connectivity index (χ1n) is 13.1. The van der Waals surface area contributed by atoms with E-state index >= 15 is 0 Å². The molecule has 0 radical (unpaired) electrons. The monoisotopic (exact) mass is 590 g/mol. The molecule has 2 aliphatic heterocycles. The summed E-state index contributed by atoms with van der Waals surface area (Å²) in [5.41, 5.74) is -1.48. The first kappa shape index (κ1) is 29.0. The second-order valence-corrected chi connectivity index (χ2v) is 9.51. The number of halogens is 3. The van der Waals surface area contributed by atoms with Gasteiger partial charge < -0.3 is 19.6 Å². The molecule has 1 N–H and O–H groups in total. The molecule has 3 aromatic rings. The number of fused-ring (bicyclic) bond motifs is 1. The summed E-state index contributed by atoms with van der Waals surface area (Å²) in [4.78, 5) is 47.9. The lowest BCUT2D eigenvalue weighted by molar-refractivity contribution is -0.203. The van der Waals surface area contributed by atoms with Crippen molar-refractivity contribution in [1.82, 2.24) is 19.4 Å². The highest BCUT2D eigenvalue weighted by Crippen LogP contribution is 2.45. The van der Waals surface area contributed by atoms with E-state index in [0.717, 1.165) is 9.13 Å². The summed E-state index contributed by atoms with van der Waals surface area (Å²) in [5.74, 6) is -1.97. The van der Waals surface area contributed by atoms with E-state index in [0.29, 0.717) is 48.4 Å². The molecule has 1 unspecified atom stereocenters. The standard InChI is InChI=1S/C27H29F3N6O6/c1-32-22-21(23(37)34(26(32)39)16-17-41-18-8-4-3-5-9-18)35(19-10-6-7-11-20(19)40-2)25(33-14-12-31-13-15-33)36(22)42-24(38)27(28,29)30/h3-11,25,31H,12-17H2,1-2H3. The predicted molar refractivity (Wildman–Crippen MR) is 146 cm³/mol. The number of hydrogen-bond acceptors (Lipinski definition) is 10. The molecule has 3 heterocycles. The molecule has 2 aromatic carbocycles. The Hall–Kier alpha value is -4.50. The van der Waals surface area contributed by atoms with Crippen LogP contribution in [-0.4, -0.2) is 72.4 Å². The van der Waals surface area contributed by atoms with Gasteiger partial charge in [-0.3, -0.25) is 23.7 Å². The first-order valence-corrected chi connectivity index (χ1v) is 13.1. The zero-order chi connectivity index (χ0) is 30.0. The van der Waals surface area contributed by atoms with Crippen molar-refractivity contribution < 1.29 is 32.3 Å². The molecule has 0 amide bonds. The van der Waals surface area contributed by atoms with Crippen molar-refractivity contribution in [2.24, 2.45) is 7.05 Å². The molecular weight excluding hydrogens is 561 g/mol. The summed E-state index contributed by atoms with van der Waals surface area (Å²) in [7, 11) is 2.71. The van der Waals surface area contributed by atoms with Crippen molar-refractivity contribution in [3.63, 3.8) is 0 Å². The van der Waals surface area contributed by atoms with Crippen molar-refractivity contribution in [2.75, 3.05) is 49.9 Å². The van der Waals surface area contributed by atoms with Crippen LogP contribution in [0.3, 0.4) is 0 Å². The summed E-state index contributed by atoms with van der Waals surface area (Å²) in [6, 6.07) is 15.4. The lowest BCUT2D eigenvalue weighted by atomic mass is 10.2. The number of hydrogen-bond donors (Lipinski definition) is 1. The maximum atomic E-state index is 14.1. The zero-order valence-electron chi connectivity index (χ0n) is 22.8. The molecule has 0 bridgehead atoms. The Morgan fingerprint density at radius 3 is 2.36 bits per heavy atom. The fourth-order valence-corrected chi connectivity index (χ4v) is 5.03. The molecule has 1 atom stereocenters. The van der Waals surface area contributed by atoms with Crippen LogP contribution >= 0.6 is 0 Å². The van der Waals surface area contributed by atoms with E-state index in [4.69, 9.17) is 14.3 Å². The average Bonchev–Trinajstić information content (AvgIpc) is 3.33. The van der Waals surface area contributed by atoms with Gasteiger partial charge in [0.2, 0.25) is 6.29 Å². The molecule has 224 valence electrons. The number of carbonyl (C=O) groups excluding carboxylic acids is 1. The number of nitrogens with zero attached hydrogens (tertiary/aromatic N) is 5. The number of methoxy groups -OCH3 is 1. The summed E-state index contributed by atoms with van der Waals surface area (Å²) in [5, 5.41) is 3.86. The second-order valence-electron chi connectivity index (χ2n) is 9.51. The van der Waals surface area contributed by atoms with Crippen LogP contribution < -0.4 is 36.0 Å². The molecule has 0 saturated carbocycles. The van der Waals surface area contributed by atoms with Crippen LogP contribution in [0.5, 0.6) is 11.5 Å². The summed E-state index contributed by atoms with van der Waals surface area (Å²) in [6.07, 6.45) is -6.59. The number of ether oxygens (including phenoxy) is 2. The van der Waals surface area contributed by atoms with Gasteiger partial charge in [-0.25, -0.2) is 9.59 Å². The maximum absolute atomic E-state index is 14.1. The van der Waals surface area contributed by atoms with E-state index in [1.165, 1.54) is 19.1 Å². The number of anilines is 3. The van der Waals surface area contributed by atoms with E-state index in [1.807, 2.05) is 6.07 Å². The second kappa shape index (κ2) is 11.8. The maximum Gasteiger partial charge on any atom is 0.493 e. The van der Waals surface area contributed by atoms with E-state index in [-0.39, 0.29) is 24.7 Å². The van der Waals surface area contributed by atoms with Crippen molar-refractivity contribution in [3.8, 4) is 11.5 Å². The van der Waals surface area contributed by atoms with Gasteiger partial charge in [0, 0.05) is 33.2 Å². The highest BCUT2D eigenvalue weighted by molar-refractivity contribution is 5.84. The Bertz CT molecular complexity index is 1550. The van der Waals surface area contributed by atoms with Crippen molar-refractivity contribution >= 4 is 23.2 Å². The highest BCUT2D eigenvalue weighted by atomic mass is 19.4. The Labute approximate surface area is 238 Å². The third-order valence-corrected chi connectivity index (χ3v) is 6.95. The number of benzene rings is 2. The van der Waals surface area contributed by atoms with Crippen LogP contribution in [0.1, 0.15) is 0 Å². The number of alkyl halides is 3. The minimum absolute atomic E-state index is 0.0411. The van der Waals surface area contributed by atoms with Gasteiger partial charge in [-0.15, -0.1) is 5.06 Å². The third-order valence-electron chi connectivity index (χ3n) is 6.95. The smallest absolute Gasteiger partial charge is 0.493 e. The van der Waals surface area contributed by atoms with Crippen LogP contribution in [0, 0.1) is 0 Å². The molecule has 1 saturated heterocycles. The fraction of sp³-hybridized carbons (Fsp3) is 0.370. The van der Waals surface area contributed by atoms with E-state index in [1.54, 1.807) is 53.4 Å². The van der Waals surface area contributed by atoms with E-state index < -0.39 is 29.7 Å². The molecule has 1 aromatic heterocycles. The Kier molecular flexibility index (Phi) is 8.13. The van der Waals surface area contributed by atoms with Gasteiger partial charge in [0.1, 0.15) is 18.1 Å².